The van der Waals surface area contributed by atoms with E-state index in [1.807, 2.05) is 0 Å². The average Bonchev–Trinajstić information content (AvgIpc) is 2.87. The largest absolute Gasteiger partial charge is 0.467 e. The maximum atomic E-state index is 11.6. The third-order valence-electron chi connectivity index (χ3n) is 3.52. The van der Waals surface area contributed by atoms with Crippen molar-refractivity contribution in [2.45, 2.75) is 36.8 Å². The van der Waals surface area contributed by atoms with Gasteiger partial charge in [0, 0.05) is 0 Å². The van der Waals surface area contributed by atoms with Gasteiger partial charge in [-0.15, -0.1) is 0 Å². The second-order valence-corrected chi connectivity index (χ2v) is 4.16. The fourth-order valence-corrected chi connectivity index (χ4v) is 2.69. The van der Waals surface area contributed by atoms with Gasteiger partial charge < -0.3 is 9.47 Å². The van der Waals surface area contributed by atoms with Gasteiger partial charge in [0.25, 0.3) is 0 Å². The van der Waals surface area contributed by atoms with Crippen LogP contribution in [-0.2, 0) is 14.3 Å². The first kappa shape index (κ1) is 8.64. The predicted octanol–water partition coefficient (Wildman–Crippen LogP) is -0.673. The molecule has 3 aliphatic rings. The number of fused-ring (bicyclic) bond motifs is 2. The van der Waals surface area contributed by atoms with Crippen molar-refractivity contribution in [1.82, 2.24) is 10.6 Å². The van der Waals surface area contributed by atoms with E-state index in [9.17, 15) is 4.79 Å². The Bertz CT molecular complexity index is 288. The highest BCUT2D eigenvalue weighted by Gasteiger charge is 2.84. The standard InChI is InChI=1S/C9H14N2O3/c1-13-7(12)9-6(14-9)11-8(9)4-2-3-5-10-8/h6,10-11H,2-5H2,1H3. The maximum absolute atomic E-state index is 11.6. The van der Waals surface area contributed by atoms with Crippen molar-refractivity contribution in [2.75, 3.05) is 13.7 Å². The number of epoxide rings is 1. The zero-order valence-corrected chi connectivity index (χ0v) is 8.13. The van der Waals surface area contributed by atoms with Crippen LogP contribution in [0.2, 0.25) is 0 Å². The molecule has 14 heavy (non-hydrogen) atoms. The molecule has 3 saturated heterocycles. The minimum Gasteiger partial charge on any atom is -0.467 e. The topological polar surface area (TPSA) is 62.9 Å². The van der Waals surface area contributed by atoms with Crippen molar-refractivity contribution in [3.8, 4) is 0 Å². The molecule has 3 rings (SSSR count). The molecule has 3 heterocycles. The van der Waals surface area contributed by atoms with Crippen molar-refractivity contribution < 1.29 is 14.3 Å². The third-order valence-corrected chi connectivity index (χ3v) is 3.52. The fraction of sp³-hybridized carbons (Fsp3) is 0.889. The Morgan fingerprint density at radius 3 is 2.93 bits per heavy atom. The summed E-state index contributed by atoms with van der Waals surface area (Å²) < 4.78 is 10.2. The van der Waals surface area contributed by atoms with Crippen LogP contribution in [0.1, 0.15) is 19.3 Å². The van der Waals surface area contributed by atoms with Gasteiger partial charge in [0.1, 0.15) is 5.66 Å². The Morgan fingerprint density at radius 1 is 1.57 bits per heavy atom. The lowest BCUT2D eigenvalue weighted by Gasteiger charge is -2.47. The molecule has 0 aliphatic carbocycles. The summed E-state index contributed by atoms with van der Waals surface area (Å²) in [7, 11) is 1.41. The van der Waals surface area contributed by atoms with Gasteiger partial charge in [-0.05, 0) is 25.8 Å². The van der Waals surface area contributed by atoms with Crippen molar-refractivity contribution in [2.24, 2.45) is 0 Å². The molecule has 3 fully saturated rings. The Kier molecular flexibility index (Phi) is 1.53. The van der Waals surface area contributed by atoms with Crippen molar-refractivity contribution in [3.05, 3.63) is 0 Å². The quantitative estimate of drug-likeness (QED) is 0.432. The second kappa shape index (κ2) is 2.48. The molecule has 0 saturated carbocycles. The van der Waals surface area contributed by atoms with Gasteiger partial charge in [0.15, 0.2) is 6.23 Å². The third kappa shape index (κ3) is 0.747. The van der Waals surface area contributed by atoms with Crippen LogP contribution >= 0.6 is 0 Å². The van der Waals surface area contributed by atoms with E-state index in [1.54, 1.807) is 0 Å². The Labute approximate surface area is 82.1 Å². The molecule has 5 heteroatoms. The molecule has 78 valence electrons. The molecular weight excluding hydrogens is 184 g/mol. The van der Waals surface area contributed by atoms with Crippen LogP contribution in [0.4, 0.5) is 0 Å². The van der Waals surface area contributed by atoms with Gasteiger partial charge in [-0.2, -0.15) is 0 Å². The van der Waals surface area contributed by atoms with Gasteiger partial charge in [0.2, 0.25) is 5.60 Å². The molecule has 0 radical (unpaired) electrons. The molecule has 0 amide bonds. The Balaban J connectivity index is 1.85. The summed E-state index contributed by atoms with van der Waals surface area (Å²) in [6.07, 6.45) is 3.08. The lowest BCUT2D eigenvalue weighted by atomic mass is 9.78. The number of hydrogen-bond acceptors (Lipinski definition) is 5. The van der Waals surface area contributed by atoms with Crippen molar-refractivity contribution in [1.29, 1.82) is 0 Å². The fourth-order valence-electron chi connectivity index (χ4n) is 2.69. The summed E-state index contributed by atoms with van der Waals surface area (Å²) in [6, 6.07) is 0. The molecule has 3 aliphatic heterocycles. The van der Waals surface area contributed by atoms with Crippen LogP contribution in [0.15, 0.2) is 0 Å². The molecular formula is C9H14N2O3. The van der Waals surface area contributed by atoms with E-state index < -0.39 is 5.60 Å². The number of piperidine rings is 1. The van der Waals surface area contributed by atoms with Crippen LogP contribution in [0.25, 0.3) is 0 Å². The first-order valence-electron chi connectivity index (χ1n) is 5.04. The number of nitrogens with one attached hydrogen (secondary N) is 2. The molecule has 0 bridgehead atoms. The zero-order valence-electron chi connectivity index (χ0n) is 8.13. The summed E-state index contributed by atoms with van der Waals surface area (Å²) in [6.45, 7) is 0.932. The summed E-state index contributed by atoms with van der Waals surface area (Å²) in [5.41, 5.74) is -1.06. The summed E-state index contributed by atoms with van der Waals surface area (Å²) in [5.74, 6) is -0.254. The monoisotopic (exact) mass is 198 g/mol. The lowest BCUT2D eigenvalue weighted by Crippen LogP contribution is -2.79. The number of esters is 1. The van der Waals surface area contributed by atoms with Gasteiger partial charge in [0.05, 0.1) is 7.11 Å². The van der Waals surface area contributed by atoms with E-state index >= 15 is 0 Å². The van der Waals surface area contributed by atoms with Crippen LogP contribution < -0.4 is 10.6 Å². The summed E-state index contributed by atoms with van der Waals surface area (Å²) in [5, 5.41) is 6.60. The van der Waals surface area contributed by atoms with Crippen LogP contribution in [0, 0.1) is 0 Å². The number of rotatable bonds is 1. The Morgan fingerprint density at radius 2 is 2.43 bits per heavy atom. The summed E-state index contributed by atoms with van der Waals surface area (Å²) in [4.78, 5) is 11.6. The van der Waals surface area contributed by atoms with E-state index in [0.717, 1.165) is 25.8 Å². The molecule has 0 aromatic heterocycles. The number of hydrogen-bond donors (Lipinski definition) is 2. The molecule has 0 aromatic carbocycles. The number of carbonyl (C=O) groups is 1. The molecule has 0 aromatic rings. The molecule has 3 unspecified atom stereocenters. The van der Waals surface area contributed by atoms with E-state index in [1.165, 1.54) is 7.11 Å². The Hall–Kier alpha value is -0.650. The SMILES string of the molecule is COC(=O)C12OC1NC21CCCCN1. The van der Waals surface area contributed by atoms with Crippen LogP contribution in [0.5, 0.6) is 0 Å². The number of carbonyl (C=O) groups excluding carboxylic acids is 1. The number of ether oxygens (including phenoxy) is 2. The van der Waals surface area contributed by atoms with E-state index in [0.29, 0.717) is 0 Å². The molecule has 3 atom stereocenters. The normalized spacial score (nSPS) is 49.4. The molecule has 2 N–H and O–H groups in total. The van der Waals surface area contributed by atoms with Crippen LogP contribution in [0.3, 0.4) is 0 Å². The van der Waals surface area contributed by atoms with Gasteiger partial charge in [-0.1, -0.05) is 0 Å². The van der Waals surface area contributed by atoms with E-state index in [-0.39, 0.29) is 17.9 Å². The zero-order chi connectivity index (χ0) is 9.81. The highest BCUT2D eigenvalue weighted by Crippen LogP contribution is 2.55. The van der Waals surface area contributed by atoms with Gasteiger partial charge >= 0.3 is 5.97 Å². The van der Waals surface area contributed by atoms with E-state index in [2.05, 4.69) is 10.6 Å². The highest BCUT2D eigenvalue weighted by molar-refractivity contribution is 5.87. The average molecular weight is 198 g/mol. The van der Waals surface area contributed by atoms with Gasteiger partial charge in [-0.3, -0.25) is 10.6 Å². The van der Waals surface area contributed by atoms with Crippen molar-refractivity contribution >= 4 is 5.97 Å². The smallest absolute Gasteiger partial charge is 0.345 e. The summed E-state index contributed by atoms with van der Waals surface area (Å²) >= 11 is 0. The molecule has 1 spiro atoms. The predicted molar refractivity (Wildman–Crippen MR) is 47.3 cm³/mol. The lowest BCUT2D eigenvalue weighted by molar-refractivity contribution is -0.154. The van der Waals surface area contributed by atoms with Gasteiger partial charge in [-0.25, -0.2) is 4.79 Å². The highest BCUT2D eigenvalue weighted by atomic mass is 16.7. The first-order chi connectivity index (χ1) is 6.75. The first-order valence-corrected chi connectivity index (χ1v) is 5.04. The minimum atomic E-state index is -0.720. The van der Waals surface area contributed by atoms with Crippen molar-refractivity contribution in [3.63, 3.8) is 0 Å². The maximum Gasteiger partial charge on any atom is 0.345 e. The molecule has 5 nitrogen and oxygen atoms in total. The second-order valence-electron chi connectivity index (χ2n) is 4.16. The minimum absolute atomic E-state index is 0.124. The number of methoxy groups -OCH3 is 1. The van der Waals surface area contributed by atoms with E-state index in [4.69, 9.17) is 9.47 Å². The van der Waals surface area contributed by atoms with Crippen LogP contribution in [-0.4, -0.2) is 37.1 Å².